The van der Waals surface area contributed by atoms with Gasteiger partial charge in [-0.2, -0.15) is 0 Å². The highest BCUT2D eigenvalue weighted by Gasteiger charge is 2.16. The second kappa shape index (κ2) is 5.28. The van der Waals surface area contributed by atoms with Crippen molar-refractivity contribution in [3.63, 3.8) is 0 Å². The molecule has 80 valence electrons. The predicted octanol–water partition coefficient (Wildman–Crippen LogP) is 2.39. The van der Waals surface area contributed by atoms with Gasteiger partial charge in [0.2, 0.25) is 5.78 Å². The van der Waals surface area contributed by atoms with Crippen LogP contribution >= 0.6 is 27.5 Å². The molecule has 0 fully saturated rings. The van der Waals surface area contributed by atoms with Gasteiger partial charge in [-0.05, 0) is 27.6 Å². The number of hydrogen-bond donors (Lipinski definition) is 0. The number of Topliss-reactive ketones (excluding diaryl/α,β-unsaturated/α-hetero) is 1. The minimum atomic E-state index is -0.856. The van der Waals surface area contributed by atoms with E-state index in [1.165, 1.54) is 7.11 Å². The summed E-state index contributed by atoms with van der Waals surface area (Å²) in [5.74, 6) is -1.47. The quantitative estimate of drug-likeness (QED) is 0.634. The summed E-state index contributed by atoms with van der Waals surface area (Å²) in [5.41, 5.74) is 0.599. The zero-order valence-electron chi connectivity index (χ0n) is 7.92. The first-order chi connectivity index (χ1) is 7.06. The van der Waals surface area contributed by atoms with Gasteiger partial charge < -0.3 is 4.74 Å². The Morgan fingerprint density at radius 3 is 2.73 bits per heavy atom. The molecule has 0 radical (unpaired) electrons. The number of benzene rings is 1. The molecule has 0 atom stereocenters. The van der Waals surface area contributed by atoms with Crippen molar-refractivity contribution in [3.8, 4) is 0 Å². The summed E-state index contributed by atoms with van der Waals surface area (Å²) in [5, 5.41) is 0.440. The van der Waals surface area contributed by atoms with Crippen LogP contribution in [0.4, 0.5) is 0 Å². The van der Waals surface area contributed by atoms with Gasteiger partial charge in [0.25, 0.3) is 0 Å². The van der Waals surface area contributed by atoms with Crippen LogP contribution < -0.4 is 0 Å². The van der Waals surface area contributed by atoms with Crippen LogP contribution in [0.1, 0.15) is 5.56 Å². The van der Waals surface area contributed by atoms with Crippen LogP contribution in [0.5, 0.6) is 0 Å². The Kier molecular flexibility index (Phi) is 4.29. The van der Waals surface area contributed by atoms with Gasteiger partial charge in [0.05, 0.1) is 12.1 Å². The molecule has 1 rings (SSSR count). The third-order valence-corrected chi connectivity index (χ3v) is 3.13. The predicted molar refractivity (Wildman–Crippen MR) is 59.9 cm³/mol. The lowest BCUT2D eigenvalue weighted by molar-refractivity contribution is -0.151. The Balaban J connectivity index is 2.86. The topological polar surface area (TPSA) is 43.4 Å². The molecule has 0 bridgehead atoms. The van der Waals surface area contributed by atoms with Crippen LogP contribution in [-0.4, -0.2) is 18.9 Å². The van der Waals surface area contributed by atoms with Crippen molar-refractivity contribution >= 4 is 39.3 Å². The molecule has 5 heteroatoms. The van der Waals surface area contributed by atoms with Crippen LogP contribution in [0, 0.1) is 0 Å². The summed E-state index contributed by atoms with van der Waals surface area (Å²) in [4.78, 5) is 22.1. The smallest absolute Gasteiger partial charge is 0.374 e. The molecule has 3 nitrogen and oxygen atoms in total. The standard InChI is InChI=1S/C10H8BrClO3/c1-15-10(14)8(13)5-6-3-2-4-7(11)9(6)12/h2-4H,5H2,1H3. The normalized spacial score (nSPS) is 9.80. The maximum Gasteiger partial charge on any atom is 0.374 e. The molecule has 0 saturated heterocycles. The second-order valence-corrected chi connectivity index (χ2v) is 4.04. The lowest BCUT2D eigenvalue weighted by Crippen LogP contribution is -2.17. The largest absolute Gasteiger partial charge is 0.463 e. The Hall–Kier alpha value is -0.870. The van der Waals surface area contributed by atoms with Crippen molar-refractivity contribution in [2.45, 2.75) is 6.42 Å². The fraction of sp³-hybridized carbons (Fsp3) is 0.200. The fourth-order valence-electron chi connectivity index (χ4n) is 1.04. The molecule has 0 aliphatic carbocycles. The monoisotopic (exact) mass is 290 g/mol. The summed E-state index contributed by atoms with van der Waals surface area (Å²) in [6, 6.07) is 5.19. The van der Waals surface area contributed by atoms with Crippen LogP contribution in [0.2, 0.25) is 5.02 Å². The third kappa shape index (κ3) is 3.04. The van der Waals surface area contributed by atoms with Gasteiger partial charge in [-0.15, -0.1) is 0 Å². The molecule has 1 aromatic carbocycles. The first-order valence-electron chi connectivity index (χ1n) is 4.10. The van der Waals surface area contributed by atoms with Crippen LogP contribution in [0.3, 0.4) is 0 Å². The molecule has 0 N–H and O–H groups in total. The van der Waals surface area contributed by atoms with Crippen molar-refractivity contribution in [1.29, 1.82) is 0 Å². The van der Waals surface area contributed by atoms with E-state index in [1.807, 2.05) is 0 Å². The highest BCUT2D eigenvalue weighted by Crippen LogP contribution is 2.26. The van der Waals surface area contributed by atoms with E-state index < -0.39 is 11.8 Å². The van der Waals surface area contributed by atoms with Crippen molar-refractivity contribution in [3.05, 3.63) is 33.3 Å². The number of carbonyl (C=O) groups excluding carboxylic acids is 2. The fourth-order valence-corrected chi connectivity index (χ4v) is 1.64. The number of esters is 1. The van der Waals surface area contributed by atoms with Gasteiger partial charge in [-0.1, -0.05) is 23.7 Å². The third-order valence-electron chi connectivity index (χ3n) is 1.80. The van der Waals surface area contributed by atoms with Crippen molar-refractivity contribution in [2.75, 3.05) is 7.11 Å². The van der Waals surface area contributed by atoms with Gasteiger partial charge in [0, 0.05) is 10.9 Å². The SMILES string of the molecule is COC(=O)C(=O)Cc1cccc(Br)c1Cl. The lowest BCUT2D eigenvalue weighted by atomic mass is 10.1. The van der Waals surface area contributed by atoms with E-state index >= 15 is 0 Å². The van der Waals surface area contributed by atoms with E-state index in [-0.39, 0.29) is 6.42 Å². The Morgan fingerprint density at radius 2 is 2.13 bits per heavy atom. The molecule has 0 aliphatic heterocycles. The number of methoxy groups -OCH3 is 1. The molecule has 0 aliphatic rings. The van der Waals surface area contributed by atoms with Crippen LogP contribution in [0.25, 0.3) is 0 Å². The lowest BCUT2D eigenvalue weighted by Gasteiger charge is -2.03. The summed E-state index contributed by atoms with van der Waals surface area (Å²) in [7, 11) is 1.17. The summed E-state index contributed by atoms with van der Waals surface area (Å²) < 4.78 is 5.00. The Labute approximate surface area is 100 Å². The summed E-state index contributed by atoms with van der Waals surface area (Å²) in [6.07, 6.45) is -0.0506. The number of rotatable bonds is 3. The zero-order chi connectivity index (χ0) is 11.4. The van der Waals surface area contributed by atoms with Crippen LogP contribution in [-0.2, 0) is 20.7 Å². The second-order valence-electron chi connectivity index (χ2n) is 2.80. The average Bonchev–Trinajstić information content (AvgIpc) is 2.23. The number of ether oxygens (including phenoxy) is 1. The van der Waals surface area contributed by atoms with Crippen molar-refractivity contribution < 1.29 is 14.3 Å². The summed E-state index contributed by atoms with van der Waals surface area (Å²) >= 11 is 9.16. The number of hydrogen-bond acceptors (Lipinski definition) is 3. The highest BCUT2D eigenvalue weighted by molar-refractivity contribution is 9.10. The van der Waals surface area contributed by atoms with Gasteiger partial charge in [0.15, 0.2) is 0 Å². The first kappa shape index (κ1) is 12.2. The van der Waals surface area contributed by atoms with Gasteiger partial charge >= 0.3 is 5.97 Å². The van der Waals surface area contributed by atoms with E-state index in [0.29, 0.717) is 15.1 Å². The molecule has 0 unspecified atom stereocenters. The minimum Gasteiger partial charge on any atom is -0.463 e. The molecule has 1 aromatic rings. The molecule has 0 spiro atoms. The molecular weight excluding hydrogens is 283 g/mol. The molecular formula is C10H8BrClO3. The Morgan fingerprint density at radius 1 is 1.47 bits per heavy atom. The van der Waals surface area contributed by atoms with Gasteiger partial charge in [0.1, 0.15) is 0 Å². The maximum atomic E-state index is 11.3. The summed E-state index contributed by atoms with van der Waals surface area (Å²) in [6.45, 7) is 0. The molecule has 0 amide bonds. The number of carbonyl (C=O) groups is 2. The maximum absolute atomic E-state index is 11.3. The molecule has 15 heavy (non-hydrogen) atoms. The van der Waals surface area contributed by atoms with E-state index in [9.17, 15) is 9.59 Å². The molecule has 0 heterocycles. The minimum absolute atomic E-state index is 0.0506. The van der Waals surface area contributed by atoms with E-state index in [0.717, 1.165) is 0 Å². The van der Waals surface area contributed by atoms with E-state index in [2.05, 4.69) is 20.7 Å². The Bertz CT molecular complexity index is 404. The molecule has 0 saturated carbocycles. The van der Waals surface area contributed by atoms with Crippen molar-refractivity contribution in [2.24, 2.45) is 0 Å². The molecule has 0 aromatic heterocycles. The van der Waals surface area contributed by atoms with Gasteiger partial charge in [-0.25, -0.2) is 4.79 Å². The van der Waals surface area contributed by atoms with Gasteiger partial charge in [-0.3, -0.25) is 4.79 Å². The first-order valence-corrected chi connectivity index (χ1v) is 5.27. The average molecular weight is 292 g/mol. The zero-order valence-corrected chi connectivity index (χ0v) is 10.3. The highest BCUT2D eigenvalue weighted by atomic mass is 79.9. The van der Waals surface area contributed by atoms with Crippen LogP contribution in [0.15, 0.2) is 22.7 Å². The van der Waals surface area contributed by atoms with E-state index in [1.54, 1.807) is 18.2 Å². The number of halogens is 2. The van der Waals surface area contributed by atoms with E-state index in [4.69, 9.17) is 11.6 Å². The van der Waals surface area contributed by atoms with Crippen molar-refractivity contribution in [1.82, 2.24) is 0 Å². The number of ketones is 1.